The van der Waals surface area contributed by atoms with Crippen LogP contribution in [0.5, 0.6) is 5.75 Å². The van der Waals surface area contributed by atoms with Gasteiger partial charge in [-0.1, -0.05) is 53.5 Å². The second-order valence-corrected chi connectivity index (χ2v) is 14.7. The van der Waals surface area contributed by atoms with Gasteiger partial charge in [0.1, 0.15) is 11.4 Å². The maximum Gasteiger partial charge on any atom is 0.219 e. The summed E-state index contributed by atoms with van der Waals surface area (Å²) in [5.74, 6) is 1.57. The number of carbonyl (C=O) groups excluding carboxylic acids is 1. The van der Waals surface area contributed by atoms with Gasteiger partial charge in [0.2, 0.25) is 5.91 Å². The summed E-state index contributed by atoms with van der Waals surface area (Å²) in [6.07, 6.45) is 8.02. The van der Waals surface area contributed by atoms with Crippen LogP contribution in [0.25, 0.3) is 44.7 Å². The van der Waals surface area contributed by atoms with E-state index in [0.29, 0.717) is 34.2 Å². The number of hydrogen-bond acceptors (Lipinski definition) is 7. The smallest absolute Gasteiger partial charge is 0.219 e. The molecule has 0 aliphatic carbocycles. The number of benzene rings is 2. The molecule has 0 saturated carbocycles. The van der Waals surface area contributed by atoms with Gasteiger partial charge in [0.05, 0.1) is 28.5 Å². The molecule has 0 spiro atoms. The first-order chi connectivity index (χ1) is 25.3. The van der Waals surface area contributed by atoms with Crippen molar-refractivity contribution in [2.24, 2.45) is 13.0 Å². The van der Waals surface area contributed by atoms with Crippen LogP contribution in [0.15, 0.2) is 67.0 Å². The lowest BCUT2D eigenvalue weighted by molar-refractivity contribution is -0.129. The number of rotatable bonds is 11. The number of carbonyl (C=O) groups is 1. The van der Waals surface area contributed by atoms with E-state index < -0.39 is 0 Å². The van der Waals surface area contributed by atoms with Gasteiger partial charge in [-0.2, -0.15) is 0 Å². The van der Waals surface area contributed by atoms with Crippen LogP contribution < -0.4 is 15.4 Å². The second kappa shape index (κ2) is 16.4. The van der Waals surface area contributed by atoms with Gasteiger partial charge in [0.15, 0.2) is 0 Å². The van der Waals surface area contributed by atoms with Crippen molar-refractivity contribution in [2.45, 2.75) is 51.7 Å². The van der Waals surface area contributed by atoms with E-state index in [4.69, 9.17) is 37.7 Å². The normalized spacial score (nSPS) is 15.8. The molecule has 0 bridgehead atoms. The monoisotopic (exact) mass is 740 g/mol. The summed E-state index contributed by atoms with van der Waals surface area (Å²) in [6.45, 7) is 7.37. The average molecular weight is 742 g/mol. The minimum atomic E-state index is 0.142. The molecule has 2 saturated heterocycles. The number of methoxy groups -OCH3 is 1. The first kappa shape index (κ1) is 36.4. The van der Waals surface area contributed by atoms with Crippen molar-refractivity contribution in [1.29, 1.82) is 0 Å². The fourth-order valence-corrected chi connectivity index (χ4v) is 8.11. The fraction of sp³-hybridized carbons (Fsp3) is 0.390. The number of nitrogens with one attached hydrogen (secondary N) is 2. The van der Waals surface area contributed by atoms with Crippen LogP contribution in [0.4, 0.5) is 0 Å². The predicted octanol–water partition coefficient (Wildman–Crippen LogP) is 7.90. The standard InChI is InChI=1S/C41H46Cl2N6O3/c1-26(50)49-17-12-31(13-18-49)46-24-29-8-7-28(21-37(29)51-3)40-39(43)34(11-16-45-40)33-5-4-6-35(38(33)42)36-10-9-32-30(25-48(2)41(32)47-36)23-44-22-27-14-19-52-20-15-27/h4-11,16,21,25,27,31,44,46H,12-15,17-20,22-24H2,1-3H3. The maximum atomic E-state index is 11.7. The number of pyridine rings is 2. The largest absolute Gasteiger partial charge is 0.496 e. The first-order valence-electron chi connectivity index (χ1n) is 18.1. The quantitative estimate of drug-likeness (QED) is 0.142. The summed E-state index contributed by atoms with van der Waals surface area (Å²) in [5, 5.41) is 9.52. The summed E-state index contributed by atoms with van der Waals surface area (Å²) >= 11 is 14.3. The van der Waals surface area contributed by atoms with Crippen molar-refractivity contribution in [3.05, 3.63) is 88.2 Å². The summed E-state index contributed by atoms with van der Waals surface area (Å²) in [4.78, 5) is 23.4. The molecular weight excluding hydrogens is 695 g/mol. The molecule has 0 radical (unpaired) electrons. The van der Waals surface area contributed by atoms with E-state index in [9.17, 15) is 4.79 Å². The lowest BCUT2D eigenvalue weighted by atomic mass is 9.99. The van der Waals surface area contributed by atoms with Gasteiger partial charge in [0.25, 0.3) is 0 Å². The lowest BCUT2D eigenvalue weighted by Gasteiger charge is -2.32. The number of piperidine rings is 1. The molecule has 2 aromatic carbocycles. The zero-order valence-electron chi connectivity index (χ0n) is 30.1. The summed E-state index contributed by atoms with van der Waals surface area (Å²) in [5.41, 5.74) is 7.92. The van der Waals surface area contributed by atoms with E-state index >= 15 is 0 Å². The van der Waals surface area contributed by atoms with Crippen molar-refractivity contribution < 1.29 is 14.3 Å². The van der Waals surface area contributed by atoms with Gasteiger partial charge in [-0.25, -0.2) is 4.98 Å². The number of nitrogens with zero attached hydrogens (tertiary/aromatic N) is 4. The Morgan fingerprint density at radius 2 is 1.71 bits per heavy atom. The average Bonchev–Trinajstić information content (AvgIpc) is 3.48. The third-order valence-corrected chi connectivity index (χ3v) is 11.3. The van der Waals surface area contributed by atoms with Crippen LogP contribution >= 0.6 is 23.2 Å². The van der Waals surface area contributed by atoms with Crippen molar-refractivity contribution >= 4 is 40.1 Å². The molecule has 52 heavy (non-hydrogen) atoms. The molecule has 1 amide bonds. The van der Waals surface area contributed by atoms with Crippen molar-refractivity contribution in [3.63, 3.8) is 0 Å². The molecule has 9 nitrogen and oxygen atoms in total. The molecule has 5 heterocycles. The van der Waals surface area contributed by atoms with Crippen LogP contribution in [-0.4, -0.2) is 71.3 Å². The number of halogens is 2. The van der Waals surface area contributed by atoms with E-state index in [0.717, 1.165) is 115 Å². The third-order valence-electron chi connectivity index (χ3n) is 10.5. The van der Waals surface area contributed by atoms with Crippen molar-refractivity contribution in [1.82, 2.24) is 30.1 Å². The van der Waals surface area contributed by atoms with Crippen LogP contribution in [-0.2, 0) is 29.7 Å². The van der Waals surface area contributed by atoms with Gasteiger partial charge < -0.3 is 29.6 Å². The molecule has 2 aliphatic heterocycles. The third kappa shape index (κ3) is 7.84. The number of hydrogen-bond donors (Lipinski definition) is 2. The van der Waals surface area contributed by atoms with E-state index in [1.807, 2.05) is 54.4 Å². The van der Waals surface area contributed by atoms with E-state index in [1.54, 1.807) is 20.2 Å². The van der Waals surface area contributed by atoms with Crippen LogP contribution in [0.3, 0.4) is 0 Å². The highest BCUT2D eigenvalue weighted by Crippen LogP contribution is 2.42. The molecule has 2 aliphatic rings. The van der Waals surface area contributed by atoms with Crippen LogP contribution in [0.2, 0.25) is 10.0 Å². The summed E-state index contributed by atoms with van der Waals surface area (Å²) < 4.78 is 13.4. The number of ether oxygens (including phenoxy) is 2. The Hall–Kier alpha value is -3.99. The second-order valence-electron chi connectivity index (χ2n) is 13.9. The first-order valence-corrected chi connectivity index (χ1v) is 18.9. The molecule has 0 atom stereocenters. The highest BCUT2D eigenvalue weighted by molar-refractivity contribution is 6.39. The van der Waals surface area contributed by atoms with Gasteiger partial charge in [-0.05, 0) is 68.0 Å². The fourth-order valence-electron chi connectivity index (χ4n) is 7.47. The molecule has 2 N–H and O–H groups in total. The maximum absolute atomic E-state index is 11.7. The number of fused-ring (bicyclic) bond motifs is 1. The number of likely N-dealkylation sites (tertiary alicyclic amines) is 1. The Kier molecular flexibility index (Phi) is 11.4. The van der Waals surface area contributed by atoms with E-state index in [2.05, 4.69) is 38.5 Å². The Bertz CT molecular complexity index is 2050. The van der Waals surface area contributed by atoms with Gasteiger partial charge in [-0.3, -0.25) is 9.78 Å². The van der Waals surface area contributed by atoms with Gasteiger partial charge in [-0.15, -0.1) is 0 Å². The minimum absolute atomic E-state index is 0.142. The molecule has 0 unspecified atom stereocenters. The topological polar surface area (TPSA) is 93.5 Å². The molecule has 2 fully saturated rings. The predicted molar refractivity (Wildman–Crippen MR) is 209 cm³/mol. The van der Waals surface area contributed by atoms with Gasteiger partial charge >= 0.3 is 0 Å². The van der Waals surface area contributed by atoms with Crippen molar-refractivity contribution in [2.75, 3.05) is 40.0 Å². The summed E-state index contributed by atoms with van der Waals surface area (Å²) in [6, 6.07) is 18.5. The van der Waals surface area contributed by atoms with E-state index in [-0.39, 0.29) is 5.91 Å². The molecular formula is C41H46Cl2N6O3. The number of aryl methyl sites for hydroxylation is 1. The number of aromatic nitrogens is 3. The SMILES string of the molecule is COc1cc(-c2nccc(-c3cccc(-c4ccc5c(CNCC6CCOCC6)cn(C)c5n4)c3Cl)c2Cl)ccc1CNC1CCN(C(C)=O)CC1. The Morgan fingerprint density at radius 1 is 0.942 bits per heavy atom. The highest BCUT2D eigenvalue weighted by atomic mass is 35.5. The molecule has 272 valence electrons. The Labute approximate surface area is 315 Å². The molecule has 11 heteroatoms. The lowest BCUT2D eigenvalue weighted by Crippen LogP contribution is -2.43. The summed E-state index contributed by atoms with van der Waals surface area (Å²) in [7, 11) is 3.72. The van der Waals surface area contributed by atoms with Crippen LogP contribution in [0.1, 0.15) is 43.7 Å². The van der Waals surface area contributed by atoms with Gasteiger partial charge in [0, 0.05) is 105 Å². The Morgan fingerprint density at radius 3 is 2.48 bits per heavy atom. The molecule has 5 aromatic rings. The molecule has 3 aromatic heterocycles. The Balaban J connectivity index is 1.09. The highest BCUT2D eigenvalue weighted by Gasteiger charge is 2.22. The van der Waals surface area contributed by atoms with Crippen LogP contribution in [0, 0.1) is 5.92 Å². The molecule has 7 rings (SSSR count). The minimum Gasteiger partial charge on any atom is -0.496 e. The van der Waals surface area contributed by atoms with E-state index in [1.165, 1.54) is 5.56 Å². The zero-order valence-corrected chi connectivity index (χ0v) is 31.6. The van der Waals surface area contributed by atoms with Crippen molar-refractivity contribution in [3.8, 4) is 39.4 Å². The number of amides is 1. The zero-order chi connectivity index (χ0) is 36.2.